The van der Waals surface area contributed by atoms with Crippen LogP contribution in [0.15, 0.2) is 24.3 Å². The van der Waals surface area contributed by atoms with E-state index in [2.05, 4.69) is 10.6 Å². The number of hydrogen-bond donors (Lipinski definition) is 2. The second-order valence-corrected chi connectivity index (χ2v) is 5.13. The number of halogens is 3. The minimum Gasteiger partial charge on any atom is -0.338 e. The fourth-order valence-electron chi connectivity index (χ4n) is 1.85. The maximum Gasteiger partial charge on any atom is 0.416 e. The van der Waals surface area contributed by atoms with E-state index in [9.17, 15) is 22.8 Å². The highest BCUT2D eigenvalue weighted by Crippen LogP contribution is 2.29. The van der Waals surface area contributed by atoms with E-state index in [1.807, 2.05) is 0 Å². The number of alkyl halides is 3. The van der Waals surface area contributed by atoms with Crippen LogP contribution in [0.5, 0.6) is 0 Å². The topological polar surface area (TPSA) is 61.4 Å². The molecule has 0 saturated carbocycles. The lowest BCUT2D eigenvalue weighted by molar-refractivity contribution is -0.137. The number of carbonyl (C=O) groups is 2. The summed E-state index contributed by atoms with van der Waals surface area (Å²) >= 11 is 0. The van der Waals surface area contributed by atoms with E-state index in [-0.39, 0.29) is 6.54 Å². The van der Waals surface area contributed by atoms with Crippen molar-refractivity contribution in [2.24, 2.45) is 0 Å². The van der Waals surface area contributed by atoms with Gasteiger partial charge in [-0.3, -0.25) is 15.0 Å². The number of hydrogen-bond acceptors (Lipinski definition) is 3. The van der Waals surface area contributed by atoms with Crippen molar-refractivity contribution in [2.45, 2.75) is 32.6 Å². The fraction of sp³-hybridized carbons (Fsp3) is 0.467. The van der Waals surface area contributed by atoms with Gasteiger partial charge in [-0.2, -0.15) is 13.2 Å². The lowest BCUT2D eigenvalue weighted by Gasteiger charge is -2.23. The molecule has 0 heterocycles. The highest BCUT2D eigenvalue weighted by molar-refractivity contribution is 5.96. The zero-order valence-electron chi connectivity index (χ0n) is 13.2. The van der Waals surface area contributed by atoms with E-state index in [0.29, 0.717) is 12.1 Å². The molecule has 0 unspecified atom stereocenters. The van der Waals surface area contributed by atoms with Crippen molar-refractivity contribution in [1.29, 1.82) is 0 Å². The number of urea groups is 1. The Bertz CT molecular complexity index is 544. The first kappa shape index (κ1) is 19.0. The van der Waals surface area contributed by atoms with Crippen LogP contribution in [0.4, 0.5) is 18.0 Å². The summed E-state index contributed by atoms with van der Waals surface area (Å²) in [5, 5.41) is 4.64. The Morgan fingerprint density at radius 2 is 1.78 bits per heavy atom. The summed E-state index contributed by atoms with van der Waals surface area (Å²) < 4.78 is 37.5. The maximum absolute atomic E-state index is 12.5. The Labute approximate surface area is 132 Å². The first-order valence-corrected chi connectivity index (χ1v) is 7.10. The predicted molar refractivity (Wildman–Crippen MR) is 79.6 cm³/mol. The standard InChI is InChI=1S/C15H20F3N3O2/c1-4-19-14(23)20-13(22)10(2)21(3)9-11-5-7-12(8-6-11)15(16,17)18/h5-8,10H,4,9H2,1-3H3,(H2,19,20,22,23)/t10-/m0/s1. The lowest BCUT2D eigenvalue weighted by Crippen LogP contribution is -2.48. The molecule has 0 aliphatic rings. The van der Waals surface area contributed by atoms with Gasteiger partial charge in [-0.05, 0) is 38.6 Å². The van der Waals surface area contributed by atoms with Crippen molar-refractivity contribution >= 4 is 11.9 Å². The minimum absolute atomic E-state index is 0.280. The van der Waals surface area contributed by atoms with Crippen molar-refractivity contribution in [2.75, 3.05) is 13.6 Å². The number of amides is 3. The molecule has 0 saturated heterocycles. The molecule has 2 N–H and O–H groups in total. The van der Waals surface area contributed by atoms with Gasteiger partial charge in [0.05, 0.1) is 11.6 Å². The molecular weight excluding hydrogens is 311 g/mol. The number of imide groups is 1. The van der Waals surface area contributed by atoms with Gasteiger partial charge < -0.3 is 5.32 Å². The number of carbonyl (C=O) groups excluding carboxylic acids is 2. The van der Waals surface area contributed by atoms with Crippen LogP contribution in [0.2, 0.25) is 0 Å². The third-order valence-corrected chi connectivity index (χ3v) is 3.33. The van der Waals surface area contributed by atoms with Crippen LogP contribution in [0.3, 0.4) is 0 Å². The number of benzene rings is 1. The first-order valence-electron chi connectivity index (χ1n) is 7.10. The molecule has 23 heavy (non-hydrogen) atoms. The molecule has 0 bridgehead atoms. The minimum atomic E-state index is -4.37. The summed E-state index contributed by atoms with van der Waals surface area (Å²) in [4.78, 5) is 24.8. The van der Waals surface area contributed by atoms with Crippen molar-refractivity contribution in [3.8, 4) is 0 Å². The Morgan fingerprint density at radius 3 is 2.26 bits per heavy atom. The average molecular weight is 331 g/mol. The van der Waals surface area contributed by atoms with Gasteiger partial charge in [-0.1, -0.05) is 12.1 Å². The van der Waals surface area contributed by atoms with Crippen molar-refractivity contribution in [3.63, 3.8) is 0 Å². The molecule has 1 atom stereocenters. The normalized spacial score (nSPS) is 12.8. The van der Waals surface area contributed by atoms with Gasteiger partial charge in [0.25, 0.3) is 0 Å². The number of likely N-dealkylation sites (N-methyl/N-ethyl adjacent to an activating group) is 1. The molecule has 128 valence electrons. The van der Waals surface area contributed by atoms with Crippen molar-refractivity contribution < 1.29 is 22.8 Å². The highest BCUT2D eigenvalue weighted by Gasteiger charge is 2.30. The highest BCUT2D eigenvalue weighted by atomic mass is 19.4. The van der Waals surface area contributed by atoms with Crippen molar-refractivity contribution in [3.05, 3.63) is 35.4 Å². The third-order valence-electron chi connectivity index (χ3n) is 3.33. The van der Waals surface area contributed by atoms with Gasteiger partial charge >= 0.3 is 12.2 Å². The van der Waals surface area contributed by atoms with Crippen LogP contribution in [0, 0.1) is 0 Å². The largest absolute Gasteiger partial charge is 0.416 e. The van der Waals surface area contributed by atoms with Crippen LogP contribution in [-0.2, 0) is 17.5 Å². The zero-order valence-corrected chi connectivity index (χ0v) is 13.2. The summed E-state index contributed by atoms with van der Waals surface area (Å²) in [6.45, 7) is 4.01. The molecule has 8 heteroatoms. The molecule has 0 aromatic heterocycles. The smallest absolute Gasteiger partial charge is 0.338 e. The van der Waals surface area contributed by atoms with Crippen LogP contribution in [0.25, 0.3) is 0 Å². The van der Waals surface area contributed by atoms with Gasteiger partial charge in [-0.25, -0.2) is 4.79 Å². The van der Waals surface area contributed by atoms with Crippen LogP contribution in [0.1, 0.15) is 25.0 Å². The lowest BCUT2D eigenvalue weighted by atomic mass is 10.1. The fourth-order valence-corrected chi connectivity index (χ4v) is 1.85. The van der Waals surface area contributed by atoms with Gasteiger partial charge in [0.15, 0.2) is 0 Å². The molecule has 0 aliphatic heterocycles. The Morgan fingerprint density at radius 1 is 1.22 bits per heavy atom. The number of rotatable bonds is 5. The molecule has 5 nitrogen and oxygen atoms in total. The second kappa shape index (κ2) is 7.96. The maximum atomic E-state index is 12.5. The van der Waals surface area contributed by atoms with E-state index in [0.717, 1.165) is 12.1 Å². The monoisotopic (exact) mass is 331 g/mol. The third kappa shape index (κ3) is 5.90. The van der Waals surface area contributed by atoms with Crippen molar-refractivity contribution in [1.82, 2.24) is 15.5 Å². The Kier molecular flexibility index (Phi) is 6.56. The Balaban J connectivity index is 2.62. The molecular formula is C15H20F3N3O2. The van der Waals surface area contributed by atoms with Crippen LogP contribution < -0.4 is 10.6 Å². The zero-order chi connectivity index (χ0) is 17.6. The quantitative estimate of drug-likeness (QED) is 0.871. The first-order chi connectivity index (χ1) is 10.6. The molecule has 1 aromatic rings. The predicted octanol–water partition coefficient (Wildman–Crippen LogP) is 2.37. The summed E-state index contributed by atoms with van der Waals surface area (Å²) in [6, 6.07) is 3.55. The van der Waals surface area contributed by atoms with Gasteiger partial charge in [-0.15, -0.1) is 0 Å². The van der Waals surface area contributed by atoms with Gasteiger partial charge in [0, 0.05) is 13.1 Å². The molecule has 0 radical (unpaired) electrons. The van der Waals surface area contributed by atoms with E-state index in [1.165, 1.54) is 12.1 Å². The van der Waals surface area contributed by atoms with E-state index in [4.69, 9.17) is 0 Å². The molecule has 0 spiro atoms. The molecule has 3 amide bonds. The van der Waals surface area contributed by atoms with Crippen LogP contribution in [-0.4, -0.2) is 36.5 Å². The van der Waals surface area contributed by atoms with E-state index in [1.54, 1.807) is 25.8 Å². The molecule has 0 aliphatic carbocycles. The van der Waals surface area contributed by atoms with E-state index < -0.39 is 29.7 Å². The summed E-state index contributed by atoms with van der Waals surface area (Å²) in [6.07, 6.45) is -4.37. The van der Waals surface area contributed by atoms with Gasteiger partial charge in [0.2, 0.25) is 5.91 Å². The summed E-state index contributed by atoms with van der Waals surface area (Å²) in [7, 11) is 1.65. The van der Waals surface area contributed by atoms with Gasteiger partial charge in [0.1, 0.15) is 0 Å². The second-order valence-electron chi connectivity index (χ2n) is 5.13. The number of nitrogens with one attached hydrogen (secondary N) is 2. The molecule has 1 rings (SSSR count). The summed E-state index contributed by atoms with van der Waals surface area (Å²) in [5.74, 6) is -0.481. The molecule has 1 aromatic carbocycles. The SMILES string of the molecule is CCNC(=O)NC(=O)[C@H](C)N(C)Cc1ccc(C(F)(F)F)cc1. The Hall–Kier alpha value is -2.09. The summed E-state index contributed by atoms with van der Waals surface area (Å²) in [5.41, 5.74) is -0.0795. The van der Waals surface area contributed by atoms with E-state index >= 15 is 0 Å². The number of nitrogens with zero attached hydrogens (tertiary/aromatic N) is 1. The van der Waals surface area contributed by atoms with Crippen LogP contribution >= 0.6 is 0 Å². The molecule has 0 fully saturated rings. The average Bonchev–Trinajstić information content (AvgIpc) is 2.46.